The van der Waals surface area contributed by atoms with Gasteiger partial charge in [0.2, 0.25) is 41.4 Å². The van der Waals surface area contributed by atoms with Crippen LogP contribution in [0.15, 0.2) is 17.1 Å². The van der Waals surface area contributed by atoms with E-state index in [4.69, 9.17) is 22.9 Å². The van der Waals surface area contributed by atoms with Crippen molar-refractivity contribution in [2.45, 2.75) is 121 Å². The number of carboxylic acids is 1. The van der Waals surface area contributed by atoms with Crippen molar-refractivity contribution in [2.24, 2.45) is 39.8 Å². The van der Waals surface area contributed by atoms with Crippen molar-refractivity contribution in [3.8, 4) is 0 Å². The Bertz CT molecular complexity index is 1850. The number of likely N-dealkylation sites (tertiary alicyclic amines) is 1. The molecule has 0 radical (unpaired) electrons. The van der Waals surface area contributed by atoms with Crippen LogP contribution in [-0.2, 0) is 44.8 Å². The number of carbonyl (C=O) groups is 8. The average Bonchev–Trinajstić information content (AvgIpc) is 3.69. The Balaban J connectivity index is 2.44. The third kappa shape index (κ3) is 17.3. The summed E-state index contributed by atoms with van der Waals surface area (Å²) < 4.78 is 42.9. The summed E-state index contributed by atoms with van der Waals surface area (Å²) in [4.78, 5) is 110. The SMILES string of the molecule is CC(C)C[C@H](NC(=O)[C@H](CC(C)C)NC(=O)[C@H](Cc1cc(F)cc(F)c1F)NC(=O)[C@@H](N)CO)C(=O)N[C@@H](CCCN=C(N)N)C(=O)N[C@@H](CC(N)=O)C(=O)N1CCC[C@H]1C(=O)O. The van der Waals surface area contributed by atoms with Crippen LogP contribution in [0.3, 0.4) is 0 Å². The highest BCUT2D eigenvalue weighted by molar-refractivity contribution is 5.98. The Morgan fingerprint density at radius 1 is 0.778 bits per heavy atom. The lowest BCUT2D eigenvalue weighted by atomic mass is 9.98. The predicted octanol–water partition coefficient (Wildman–Crippen LogP) is -2.51. The molecule has 0 saturated carbocycles. The number of benzene rings is 1. The van der Waals surface area contributed by atoms with E-state index in [1.54, 1.807) is 27.7 Å². The van der Waals surface area contributed by atoms with Crippen LogP contribution in [-0.4, -0.2) is 130 Å². The molecular weight excluding hydrogens is 839 g/mol. The monoisotopic (exact) mass is 899 g/mol. The summed E-state index contributed by atoms with van der Waals surface area (Å²) in [6, 6.07) is -9.56. The van der Waals surface area contributed by atoms with Crippen molar-refractivity contribution in [3.05, 3.63) is 35.1 Å². The molecule has 0 aromatic heterocycles. The zero-order valence-electron chi connectivity index (χ0n) is 35.6. The smallest absolute Gasteiger partial charge is 0.326 e. The number of guanidine groups is 1. The van der Waals surface area contributed by atoms with Gasteiger partial charge in [-0.05, 0) is 62.0 Å². The second kappa shape index (κ2) is 25.2. The molecule has 1 aromatic rings. The number of rotatable bonds is 25. The molecule has 1 aromatic carbocycles. The van der Waals surface area contributed by atoms with Crippen molar-refractivity contribution in [1.82, 2.24) is 31.5 Å². The summed E-state index contributed by atoms with van der Waals surface area (Å²) in [6.45, 7) is 6.01. The predicted molar refractivity (Wildman–Crippen MR) is 220 cm³/mol. The van der Waals surface area contributed by atoms with E-state index in [1.807, 2.05) is 0 Å². The van der Waals surface area contributed by atoms with E-state index in [9.17, 15) is 61.7 Å². The first-order chi connectivity index (χ1) is 29.4. The number of hydrogen-bond acceptors (Lipinski definition) is 11. The van der Waals surface area contributed by atoms with E-state index < -0.39 is 132 Å². The molecule has 24 heteroatoms. The number of halogens is 3. The number of aliphatic hydroxyl groups is 1. The molecule has 1 aliphatic heterocycles. The number of aliphatic hydroxyl groups excluding tert-OH is 1. The first-order valence-electron chi connectivity index (χ1n) is 20.3. The number of nitrogens with two attached hydrogens (primary N) is 4. The zero-order valence-corrected chi connectivity index (χ0v) is 35.6. The Morgan fingerprint density at radius 3 is 1.79 bits per heavy atom. The van der Waals surface area contributed by atoms with Gasteiger partial charge in [0, 0.05) is 25.6 Å². The summed E-state index contributed by atoms with van der Waals surface area (Å²) in [5.74, 6) is -13.3. The molecule has 1 heterocycles. The van der Waals surface area contributed by atoms with Gasteiger partial charge < -0.3 is 64.6 Å². The molecule has 15 N–H and O–H groups in total. The fraction of sp³-hybridized carbons (Fsp3) is 0.615. The molecule has 2 rings (SSSR count). The van der Waals surface area contributed by atoms with Crippen LogP contribution in [0.25, 0.3) is 0 Å². The molecule has 1 saturated heterocycles. The number of nitrogens with zero attached hydrogens (tertiary/aromatic N) is 2. The summed E-state index contributed by atoms with van der Waals surface area (Å²) in [5, 5.41) is 31.2. The van der Waals surface area contributed by atoms with E-state index in [0.717, 1.165) is 4.90 Å². The number of carboxylic acid groups (broad SMARTS) is 1. The minimum atomic E-state index is -1.79. The van der Waals surface area contributed by atoms with E-state index in [-0.39, 0.29) is 69.1 Å². The summed E-state index contributed by atoms with van der Waals surface area (Å²) >= 11 is 0. The number of nitrogens with one attached hydrogen (secondary N) is 5. The second-order valence-electron chi connectivity index (χ2n) is 16.1. The first kappa shape index (κ1) is 53.1. The Morgan fingerprint density at radius 2 is 1.29 bits per heavy atom. The van der Waals surface area contributed by atoms with Gasteiger partial charge >= 0.3 is 5.97 Å². The lowest BCUT2D eigenvalue weighted by molar-refractivity contribution is -0.149. The quantitative estimate of drug-likeness (QED) is 0.0209. The fourth-order valence-electron chi connectivity index (χ4n) is 6.70. The number of carbonyl (C=O) groups excluding carboxylic acids is 7. The number of aliphatic carboxylic acids is 1. The number of amides is 7. The van der Waals surface area contributed by atoms with Gasteiger partial charge in [0.05, 0.1) is 13.0 Å². The second-order valence-corrected chi connectivity index (χ2v) is 16.1. The van der Waals surface area contributed by atoms with Gasteiger partial charge in [-0.2, -0.15) is 0 Å². The summed E-state index contributed by atoms with van der Waals surface area (Å²) in [7, 11) is 0. The molecule has 7 amide bonds. The minimum absolute atomic E-state index is 0.00336. The van der Waals surface area contributed by atoms with Gasteiger partial charge in [-0.1, -0.05) is 27.7 Å². The topological polar surface area (TPSA) is 357 Å². The van der Waals surface area contributed by atoms with Crippen molar-refractivity contribution in [3.63, 3.8) is 0 Å². The van der Waals surface area contributed by atoms with Gasteiger partial charge in [-0.3, -0.25) is 38.6 Å². The number of aliphatic imine (C=N–C) groups is 1. The lowest BCUT2D eigenvalue weighted by Gasteiger charge is -2.29. The Hall–Kier alpha value is -6.04. The Labute approximate surface area is 362 Å². The van der Waals surface area contributed by atoms with Crippen molar-refractivity contribution >= 4 is 53.3 Å². The molecule has 0 bridgehead atoms. The van der Waals surface area contributed by atoms with Gasteiger partial charge in [-0.25, -0.2) is 18.0 Å². The molecule has 21 nitrogen and oxygen atoms in total. The maximum absolute atomic E-state index is 14.7. The normalized spacial score (nSPS) is 16.5. The average molecular weight is 900 g/mol. The molecule has 7 atom stereocenters. The lowest BCUT2D eigenvalue weighted by Crippen LogP contribution is -2.60. The molecule has 1 aliphatic rings. The van der Waals surface area contributed by atoms with Gasteiger partial charge in [0.15, 0.2) is 17.6 Å². The van der Waals surface area contributed by atoms with Gasteiger partial charge in [-0.15, -0.1) is 0 Å². The number of hydrogen-bond donors (Lipinski definition) is 11. The minimum Gasteiger partial charge on any atom is -0.480 e. The summed E-state index contributed by atoms with van der Waals surface area (Å²) in [5.41, 5.74) is 21.2. The van der Waals surface area contributed by atoms with E-state index in [2.05, 4.69) is 31.6 Å². The van der Waals surface area contributed by atoms with E-state index >= 15 is 0 Å². The number of primary amides is 1. The van der Waals surface area contributed by atoms with Crippen LogP contribution in [0.5, 0.6) is 0 Å². The first-order valence-corrected chi connectivity index (χ1v) is 20.3. The zero-order chi connectivity index (χ0) is 47.7. The highest BCUT2D eigenvalue weighted by Crippen LogP contribution is 2.20. The molecule has 0 unspecified atom stereocenters. The van der Waals surface area contributed by atoms with Crippen LogP contribution in [0, 0.1) is 29.3 Å². The van der Waals surface area contributed by atoms with Crippen LogP contribution in [0.4, 0.5) is 13.2 Å². The standard InChI is InChI=1S/C39H60F3N11O10/c1-18(2)11-25(34(58)48-24(7-5-9-47-39(45)46)33(57)52-28(16-30(44)55)37(61)53-10-6-8-29(53)38(62)63)50-35(59)26(12-19(3)4)51-36(60)27(49-32(56)23(43)17-54)14-20-13-21(40)15-22(41)31(20)42/h13,15,18-19,23-29,54H,5-12,14,16-17,43H2,1-4H3,(H2,44,55)(H,48,58)(H,49,56)(H,50,59)(H,51,60)(H,52,57)(H,62,63)(H4,45,46,47)/t23-,24-,25-,26-,27-,28-,29-/m0/s1. The maximum Gasteiger partial charge on any atom is 0.326 e. The van der Waals surface area contributed by atoms with Gasteiger partial charge in [0.1, 0.15) is 48.1 Å². The van der Waals surface area contributed by atoms with Crippen molar-refractivity contribution in [1.29, 1.82) is 0 Å². The van der Waals surface area contributed by atoms with Gasteiger partial charge in [0.25, 0.3) is 0 Å². The highest BCUT2D eigenvalue weighted by atomic mass is 19.2. The van der Waals surface area contributed by atoms with Crippen LogP contribution in [0.2, 0.25) is 0 Å². The third-order valence-corrected chi connectivity index (χ3v) is 9.76. The third-order valence-electron chi connectivity index (χ3n) is 9.76. The van der Waals surface area contributed by atoms with Crippen molar-refractivity contribution < 1.29 is 61.7 Å². The molecular formula is C39H60F3N11O10. The molecule has 1 fully saturated rings. The van der Waals surface area contributed by atoms with Crippen LogP contribution < -0.4 is 49.5 Å². The molecule has 352 valence electrons. The fourth-order valence-corrected chi connectivity index (χ4v) is 6.70. The summed E-state index contributed by atoms with van der Waals surface area (Å²) in [6.07, 6.45) is -1.19. The molecule has 0 spiro atoms. The highest BCUT2D eigenvalue weighted by Gasteiger charge is 2.39. The molecule has 0 aliphatic carbocycles. The largest absolute Gasteiger partial charge is 0.480 e. The van der Waals surface area contributed by atoms with E-state index in [0.29, 0.717) is 12.5 Å². The molecule has 63 heavy (non-hydrogen) atoms. The van der Waals surface area contributed by atoms with Crippen LogP contribution >= 0.6 is 0 Å². The van der Waals surface area contributed by atoms with Crippen molar-refractivity contribution in [2.75, 3.05) is 19.7 Å². The van der Waals surface area contributed by atoms with Crippen LogP contribution in [0.1, 0.15) is 78.2 Å². The maximum atomic E-state index is 14.7. The van der Waals surface area contributed by atoms with E-state index in [1.165, 1.54) is 0 Å². The Kier molecular flexibility index (Phi) is 21.2.